The molecule has 0 saturated carbocycles. The summed E-state index contributed by atoms with van der Waals surface area (Å²) in [7, 11) is 5.16. The van der Waals surface area contributed by atoms with E-state index in [1.165, 1.54) is 10.5 Å². The summed E-state index contributed by atoms with van der Waals surface area (Å²) in [6.07, 6.45) is 0.461. The maximum Gasteiger partial charge on any atom is 0.414 e. The molecular weight excluding hydrogens is 242 g/mol. The van der Waals surface area contributed by atoms with E-state index < -0.39 is 5.60 Å². The second-order valence-corrected chi connectivity index (χ2v) is 5.24. The Morgan fingerprint density at radius 1 is 1.33 bits per heavy atom. The van der Waals surface area contributed by atoms with Gasteiger partial charge in [0.05, 0.1) is 0 Å². The molecule has 1 aromatic carbocycles. The van der Waals surface area contributed by atoms with Gasteiger partial charge in [-0.3, -0.25) is 4.90 Å². The number of ether oxygens (including phenoxy) is 1. The van der Waals surface area contributed by atoms with E-state index in [1.807, 2.05) is 45.0 Å². The Bertz CT molecular complexity index is 401. The van der Waals surface area contributed by atoms with Crippen molar-refractivity contribution in [2.75, 3.05) is 11.9 Å². The first-order chi connectivity index (χ1) is 8.39. The lowest BCUT2D eigenvalue weighted by Crippen LogP contribution is -2.35. The second kappa shape index (κ2) is 6.04. The Kier molecular flexibility index (Phi) is 4.96. The smallest absolute Gasteiger partial charge is 0.414 e. The van der Waals surface area contributed by atoms with Crippen molar-refractivity contribution in [2.24, 2.45) is 0 Å². The number of carbonyl (C=O) groups is 1. The lowest BCUT2D eigenvalue weighted by atomic mass is 10.1. The van der Waals surface area contributed by atoms with Gasteiger partial charge in [0.25, 0.3) is 0 Å². The summed E-state index contributed by atoms with van der Waals surface area (Å²) in [4.78, 5) is 13.5. The molecule has 1 aromatic rings. The molecule has 1 rings (SSSR count). The van der Waals surface area contributed by atoms with Crippen LogP contribution in [0.4, 0.5) is 10.5 Å². The summed E-state index contributed by atoms with van der Waals surface area (Å²) in [5, 5.41) is 0. The highest BCUT2D eigenvalue weighted by Crippen LogP contribution is 2.19. The number of rotatable bonds is 4. The first-order valence-corrected chi connectivity index (χ1v) is 6.80. The summed E-state index contributed by atoms with van der Waals surface area (Å²) in [6, 6.07) is 8.59. The van der Waals surface area contributed by atoms with Gasteiger partial charge in [-0.1, -0.05) is 24.6 Å². The van der Waals surface area contributed by atoms with Crippen molar-refractivity contribution in [3.63, 3.8) is 0 Å². The van der Waals surface area contributed by atoms with E-state index in [0.717, 1.165) is 18.2 Å². The third kappa shape index (κ3) is 3.87. The summed E-state index contributed by atoms with van der Waals surface area (Å²) in [5.41, 5.74) is 1.57. The minimum Gasteiger partial charge on any atom is -0.443 e. The van der Waals surface area contributed by atoms with Gasteiger partial charge < -0.3 is 4.74 Å². The monoisotopic (exact) mass is 262 g/mol. The van der Waals surface area contributed by atoms with Gasteiger partial charge in [0.1, 0.15) is 5.60 Å². The van der Waals surface area contributed by atoms with Gasteiger partial charge in [-0.25, -0.2) is 4.79 Å². The molecule has 0 saturated heterocycles. The maximum absolute atomic E-state index is 12.0. The van der Waals surface area contributed by atoms with E-state index in [-0.39, 0.29) is 6.09 Å². The fraction of sp³-hybridized carbons (Fsp3) is 0.500. The van der Waals surface area contributed by atoms with Crippen LogP contribution in [0.2, 0.25) is 0 Å². The van der Waals surface area contributed by atoms with Crippen molar-refractivity contribution in [1.82, 2.24) is 0 Å². The fourth-order valence-corrected chi connectivity index (χ4v) is 1.56. The maximum atomic E-state index is 12.0. The van der Waals surface area contributed by atoms with Crippen molar-refractivity contribution >= 4 is 22.0 Å². The molecule has 0 fully saturated rings. The molecule has 0 aliphatic carbocycles. The van der Waals surface area contributed by atoms with Gasteiger partial charge in [0.2, 0.25) is 0 Å². The first-order valence-electron chi connectivity index (χ1n) is 6.10. The molecule has 0 spiro atoms. The number of nitrogens with zero attached hydrogens (tertiary/aromatic N) is 1. The average Bonchev–Trinajstić information content (AvgIpc) is 2.37. The van der Waals surface area contributed by atoms with Gasteiger partial charge >= 0.3 is 6.09 Å². The van der Waals surface area contributed by atoms with Gasteiger partial charge in [0, 0.05) is 23.0 Å². The van der Waals surface area contributed by atoms with Crippen LogP contribution in [0.5, 0.6) is 0 Å². The average molecular weight is 262 g/mol. The molecule has 18 heavy (non-hydrogen) atoms. The minimum absolute atomic E-state index is 0.326. The van der Waals surface area contributed by atoms with Gasteiger partial charge in [0.15, 0.2) is 0 Å². The quantitative estimate of drug-likeness (QED) is 0.780. The molecule has 0 aromatic heterocycles. The number of carbonyl (C=O) groups excluding carboxylic acids is 1. The van der Waals surface area contributed by atoms with Crippen LogP contribution in [-0.4, -0.2) is 29.0 Å². The number of amides is 1. The van der Waals surface area contributed by atoms with E-state index in [4.69, 9.17) is 4.74 Å². The predicted molar refractivity (Wildman–Crippen MR) is 75.2 cm³/mol. The van der Waals surface area contributed by atoms with Gasteiger partial charge in [-0.15, -0.1) is 0 Å². The Morgan fingerprint density at radius 3 is 2.33 bits per heavy atom. The van der Waals surface area contributed by atoms with E-state index in [1.54, 1.807) is 7.05 Å². The van der Waals surface area contributed by atoms with Crippen LogP contribution in [0.25, 0.3) is 0 Å². The van der Waals surface area contributed by atoms with Gasteiger partial charge in [-0.05, 0) is 38.4 Å². The number of benzene rings is 1. The standard InChI is InChI=1S/C14H20NO2Si/c1-5-14(2,3)17-13(16)15(4)12-8-6-11(10-18)7-9-12/h6-9H,5,10H2,1-4H3. The lowest BCUT2D eigenvalue weighted by Gasteiger charge is -2.27. The highest BCUT2D eigenvalue weighted by Gasteiger charge is 2.23. The Hall–Kier alpha value is -1.29. The molecule has 3 nitrogen and oxygen atoms in total. The van der Waals surface area contributed by atoms with E-state index in [2.05, 4.69) is 10.2 Å². The molecule has 1 amide bonds. The molecule has 97 valence electrons. The molecule has 0 N–H and O–H groups in total. The molecule has 0 unspecified atom stereocenters. The second-order valence-electron chi connectivity index (χ2n) is 4.88. The zero-order valence-corrected chi connectivity index (χ0v) is 12.5. The van der Waals surface area contributed by atoms with Crippen molar-refractivity contribution in [1.29, 1.82) is 0 Å². The Morgan fingerprint density at radius 2 is 1.89 bits per heavy atom. The van der Waals surface area contributed by atoms with Crippen LogP contribution in [0.3, 0.4) is 0 Å². The summed E-state index contributed by atoms with van der Waals surface area (Å²) >= 11 is 0. The van der Waals surface area contributed by atoms with Crippen LogP contribution in [0.15, 0.2) is 24.3 Å². The number of hydrogen-bond donors (Lipinski definition) is 0. The number of hydrogen-bond acceptors (Lipinski definition) is 2. The molecule has 3 radical (unpaired) electrons. The van der Waals surface area contributed by atoms with Crippen LogP contribution in [0.1, 0.15) is 32.8 Å². The first kappa shape index (κ1) is 14.8. The van der Waals surface area contributed by atoms with Crippen LogP contribution in [-0.2, 0) is 10.8 Å². The third-order valence-electron chi connectivity index (χ3n) is 3.02. The molecule has 0 bridgehead atoms. The molecule has 0 aliphatic heterocycles. The highest BCUT2D eigenvalue weighted by molar-refractivity contribution is 6.08. The largest absolute Gasteiger partial charge is 0.443 e. The summed E-state index contributed by atoms with van der Waals surface area (Å²) in [5.74, 6) is 0. The molecule has 0 atom stereocenters. The zero-order valence-electron chi connectivity index (χ0n) is 11.5. The summed E-state index contributed by atoms with van der Waals surface area (Å²) in [6.45, 7) is 5.82. The van der Waals surface area contributed by atoms with Crippen molar-refractivity contribution in [3.05, 3.63) is 29.8 Å². The van der Waals surface area contributed by atoms with Crippen molar-refractivity contribution in [3.8, 4) is 0 Å². The Labute approximate surface area is 113 Å². The highest BCUT2D eigenvalue weighted by atomic mass is 28.1. The molecule has 0 aliphatic rings. The van der Waals surface area contributed by atoms with E-state index >= 15 is 0 Å². The zero-order chi connectivity index (χ0) is 13.8. The van der Waals surface area contributed by atoms with Crippen LogP contribution < -0.4 is 4.90 Å². The predicted octanol–water partition coefficient (Wildman–Crippen LogP) is 3.12. The van der Waals surface area contributed by atoms with Crippen LogP contribution in [0, 0.1) is 0 Å². The van der Waals surface area contributed by atoms with Crippen LogP contribution >= 0.6 is 0 Å². The van der Waals surface area contributed by atoms with Gasteiger partial charge in [-0.2, -0.15) is 0 Å². The molecule has 4 heteroatoms. The summed E-state index contributed by atoms with van der Waals surface area (Å²) < 4.78 is 5.44. The fourth-order valence-electron chi connectivity index (χ4n) is 1.32. The topological polar surface area (TPSA) is 29.5 Å². The molecular formula is C14H20NO2Si. The minimum atomic E-state index is -0.430. The number of anilines is 1. The van der Waals surface area contributed by atoms with E-state index in [9.17, 15) is 4.79 Å². The normalized spacial score (nSPS) is 11.2. The SMILES string of the molecule is CCC(C)(C)OC(=O)N(C)c1ccc(C[Si])cc1. The lowest BCUT2D eigenvalue weighted by molar-refractivity contribution is 0.0419. The third-order valence-corrected chi connectivity index (χ3v) is 3.42. The van der Waals surface area contributed by atoms with Crippen molar-refractivity contribution in [2.45, 2.75) is 38.8 Å². The van der Waals surface area contributed by atoms with E-state index in [0.29, 0.717) is 0 Å². The molecule has 0 heterocycles. The Balaban J connectivity index is 2.73. The van der Waals surface area contributed by atoms with Crippen molar-refractivity contribution < 1.29 is 9.53 Å².